The Bertz CT molecular complexity index is 1010. The van der Waals surface area contributed by atoms with Gasteiger partial charge in [0.1, 0.15) is 0 Å². The Balaban J connectivity index is 1.59. The predicted octanol–water partition coefficient (Wildman–Crippen LogP) is 1.51. The Labute approximate surface area is 153 Å². The third-order valence-electron chi connectivity index (χ3n) is 3.72. The van der Waals surface area contributed by atoms with Crippen LogP contribution in [0.1, 0.15) is 11.3 Å². The van der Waals surface area contributed by atoms with Gasteiger partial charge in [0.2, 0.25) is 11.8 Å². The molecular formula is C18H15ClN4O3. The molecule has 3 N–H and O–H groups in total. The lowest BCUT2D eigenvalue weighted by Crippen LogP contribution is -2.43. The molecule has 3 rings (SSSR count). The number of halogens is 1. The lowest BCUT2D eigenvalue weighted by Gasteiger charge is -2.08. The highest BCUT2D eigenvalue weighted by Gasteiger charge is 2.11. The van der Waals surface area contributed by atoms with E-state index in [1.807, 2.05) is 0 Å². The highest BCUT2D eigenvalue weighted by atomic mass is 35.5. The number of hydrogen-bond donors (Lipinski definition) is 3. The summed E-state index contributed by atoms with van der Waals surface area (Å²) in [5, 5.41) is 7.93. The van der Waals surface area contributed by atoms with Crippen LogP contribution in [0.3, 0.4) is 0 Å². The second kappa shape index (κ2) is 7.79. The summed E-state index contributed by atoms with van der Waals surface area (Å²) in [6.45, 7) is 0. The van der Waals surface area contributed by atoms with Crippen LogP contribution < -0.4 is 16.4 Å². The zero-order valence-corrected chi connectivity index (χ0v) is 14.3. The fourth-order valence-corrected chi connectivity index (χ4v) is 2.60. The van der Waals surface area contributed by atoms with E-state index in [1.54, 1.807) is 48.5 Å². The van der Waals surface area contributed by atoms with E-state index in [0.717, 1.165) is 5.56 Å². The van der Waals surface area contributed by atoms with E-state index in [9.17, 15) is 14.4 Å². The van der Waals surface area contributed by atoms with Gasteiger partial charge < -0.3 is 0 Å². The minimum Gasteiger partial charge on any atom is -0.273 e. The maximum Gasteiger partial charge on any atom is 0.272 e. The Morgan fingerprint density at radius 3 is 2.23 bits per heavy atom. The first-order valence-corrected chi connectivity index (χ1v) is 8.19. The summed E-state index contributed by atoms with van der Waals surface area (Å²) in [4.78, 5) is 35.7. The first kappa shape index (κ1) is 17.6. The summed E-state index contributed by atoms with van der Waals surface area (Å²) < 4.78 is 0. The summed E-state index contributed by atoms with van der Waals surface area (Å²) in [7, 11) is 0. The number of aromatic nitrogens is 2. The molecule has 0 spiro atoms. The van der Waals surface area contributed by atoms with Crippen LogP contribution in [0.25, 0.3) is 10.8 Å². The summed E-state index contributed by atoms with van der Waals surface area (Å²) in [6.07, 6.45) is 0.0236. The smallest absolute Gasteiger partial charge is 0.272 e. The maximum atomic E-state index is 12.1. The molecule has 1 heterocycles. The highest BCUT2D eigenvalue weighted by Crippen LogP contribution is 2.12. The second-order valence-corrected chi connectivity index (χ2v) is 6.06. The molecule has 2 amide bonds. The van der Waals surface area contributed by atoms with Gasteiger partial charge in [-0.15, -0.1) is 0 Å². The zero-order valence-electron chi connectivity index (χ0n) is 13.6. The van der Waals surface area contributed by atoms with Gasteiger partial charge in [-0.25, -0.2) is 5.10 Å². The number of aromatic amines is 1. The van der Waals surface area contributed by atoms with Crippen LogP contribution in [0, 0.1) is 0 Å². The summed E-state index contributed by atoms with van der Waals surface area (Å²) >= 11 is 5.79. The molecule has 0 aliphatic carbocycles. The molecule has 0 fully saturated rings. The number of carbonyl (C=O) groups excluding carboxylic acids is 2. The van der Waals surface area contributed by atoms with Gasteiger partial charge in [0.05, 0.1) is 23.9 Å². The predicted molar refractivity (Wildman–Crippen MR) is 97.5 cm³/mol. The Hall–Kier alpha value is -3.19. The van der Waals surface area contributed by atoms with Crippen LogP contribution in [-0.4, -0.2) is 22.0 Å². The van der Waals surface area contributed by atoms with E-state index in [0.29, 0.717) is 21.5 Å². The molecule has 0 saturated carbocycles. The van der Waals surface area contributed by atoms with Gasteiger partial charge in [-0.1, -0.05) is 41.9 Å². The number of rotatable bonds is 4. The number of fused-ring (bicyclic) bond motifs is 1. The summed E-state index contributed by atoms with van der Waals surface area (Å²) in [5.41, 5.74) is 5.57. The molecule has 7 nitrogen and oxygen atoms in total. The van der Waals surface area contributed by atoms with Gasteiger partial charge in [0.15, 0.2) is 0 Å². The van der Waals surface area contributed by atoms with Crippen LogP contribution >= 0.6 is 11.6 Å². The van der Waals surface area contributed by atoms with E-state index in [2.05, 4.69) is 21.0 Å². The number of nitrogens with one attached hydrogen (secondary N) is 3. The Morgan fingerprint density at radius 1 is 0.923 bits per heavy atom. The SMILES string of the molecule is O=C(Cc1ccc(Cl)cc1)NNC(=O)Cc1n[nH]c(=O)c2ccccc12. The van der Waals surface area contributed by atoms with Crippen molar-refractivity contribution in [3.63, 3.8) is 0 Å². The van der Waals surface area contributed by atoms with Crippen LogP contribution in [0.4, 0.5) is 0 Å². The topological polar surface area (TPSA) is 104 Å². The normalized spacial score (nSPS) is 10.5. The van der Waals surface area contributed by atoms with Crippen LogP contribution in [0.2, 0.25) is 5.02 Å². The van der Waals surface area contributed by atoms with Crippen molar-refractivity contribution in [1.82, 2.24) is 21.0 Å². The highest BCUT2D eigenvalue weighted by molar-refractivity contribution is 6.30. The lowest BCUT2D eigenvalue weighted by molar-refractivity contribution is -0.128. The van der Waals surface area contributed by atoms with Crippen LogP contribution in [-0.2, 0) is 22.4 Å². The number of amides is 2. The van der Waals surface area contributed by atoms with Gasteiger partial charge in [0, 0.05) is 10.4 Å². The van der Waals surface area contributed by atoms with Gasteiger partial charge in [-0.05, 0) is 23.8 Å². The molecule has 8 heteroatoms. The lowest BCUT2D eigenvalue weighted by atomic mass is 10.1. The molecule has 26 heavy (non-hydrogen) atoms. The molecule has 132 valence electrons. The molecule has 0 radical (unpaired) electrons. The van der Waals surface area contributed by atoms with Crippen molar-refractivity contribution in [2.75, 3.05) is 0 Å². The third kappa shape index (κ3) is 4.25. The third-order valence-corrected chi connectivity index (χ3v) is 3.97. The fraction of sp³-hybridized carbons (Fsp3) is 0.111. The molecular weight excluding hydrogens is 356 g/mol. The number of nitrogens with zero attached hydrogens (tertiary/aromatic N) is 1. The van der Waals surface area contributed by atoms with Crippen molar-refractivity contribution in [3.8, 4) is 0 Å². The quantitative estimate of drug-likeness (QED) is 0.605. The van der Waals surface area contributed by atoms with Gasteiger partial charge in [0.25, 0.3) is 5.56 Å². The Morgan fingerprint density at radius 2 is 1.54 bits per heavy atom. The average Bonchev–Trinajstić information content (AvgIpc) is 2.64. The number of benzene rings is 2. The largest absolute Gasteiger partial charge is 0.273 e. The number of carbonyl (C=O) groups is 2. The molecule has 0 atom stereocenters. The van der Waals surface area contributed by atoms with Crippen molar-refractivity contribution in [2.24, 2.45) is 0 Å². The van der Waals surface area contributed by atoms with Crippen LogP contribution in [0.15, 0.2) is 53.3 Å². The molecule has 0 aliphatic rings. The summed E-state index contributed by atoms with van der Waals surface area (Å²) in [5.74, 6) is -0.806. The average molecular weight is 371 g/mol. The van der Waals surface area contributed by atoms with Crippen molar-refractivity contribution in [1.29, 1.82) is 0 Å². The van der Waals surface area contributed by atoms with E-state index in [-0.39, 0.29) is 24.3 Å². The molecule has 2 aromatic carbocycles. The Kier molecular flexibility index (Phi) is 5.28. The minimum atomic E-state index is -0.445. The van der Waals surface area contributed by atoms with Crippen molar-refractivity contribution >= 4 is 34.2 Å². The zero-order chi connectivity index (χ0) is 18.5. The molecule has 0 bridgehead atoms. The van der Waals surface area contributed by atoms with Crippen molar-refractivity contribution in [3.05, 3.63) is 75.2 Å². The van der Waals surface area contributed by atoms with Gasteiger partial charge in [-0.3, -0.25) is 25.2 Å². The molecule has 0 unspecified atom stereocenters. The number of H-pyrrole nitrogens is 1. The van der Waals surface area contributed by atoms with Crippen molar-refractivity contribution < 1.29 is 9.59 Å². The van der Waals surface area contributed by atoms with Crippen LogP contribution in [0.5, 0.6) is 0 Å². The minimum absolute atomic E-state index is 0.0848. The monoisotopic (exact) mass is 370 g/mol. The van der Waals surface area contributed by atoms with E-state index in [1.165, 1.54) is 0 Å². The molecule has 1 aromatic heterocycles. The van der Waals surface area contributed by atoms with Gasteiger partial charge in [-0.2, -0.15) is 5.10 Å². The number of hydrazine groups is 1. The van der Waals surface area contributed by atoms with E-state index < -0.39 is 5.91 Å². The molecule has 0 aliphatic heterocycles. The molecule has 3 aromatic rings. The summed E-state index contributed by atoms with van der Waals surface area (Å²) in [6, 6.07) is 13.7. The van der Waals surface area contributed by atoms with Gasteiger partial charge >= 0.3 is 0 Å². The first-order chi connectivity index (χ1) is 12.5. The second-order valence-electron chi connectivity index (χ2n) is 5.62. The standard InChI is InChI=1S/C18H15ClN4O3/c19-12-7-5-11(6-8-12)9-16(24)21-22-17(25)10-15-13-3-1-2-4-14(13)18(26)23-20-15/h1-8H,9-10H2,(H,21,24)(H,22,25)(H,23,26). The maximum absolute atomic E-state index is 12.1. The van der Waals surface area contributed by atoms with E-state index >= 15 is 0 Å². The van der Waals surface area contributed by atoms with E-state index in [4.69, 9.17) is 11.6 Å². The first-order valence-electron chi connectivity index (χ1n) is 7.81. The molecule has 0 saturated heterocycles. The number of hydrogen-bond acceptors (Lipinski definition) is 4. The van der Waals surface area contributed by atoms with Crippen molar-refractivity contribution in [2.45, 2.75) is 12.8 Å². The fourth-order valence-electron chi connectivity index (χ4n) is 2.47.